The van der Waals surface area contributed by atoms with Gasteiger partial charge in [-0.05, 0) is 30.0 Å². The zero-order valence-electron chi connectivity index (χ0n) is 9.93. The van der Waals surface area contributed by atoms with Gasteiger partial charge in [0.25, 0.3) is 0 Å². The van der Waals surface area contributed by atoms with Crippen LogP contribution < -0.4 is 4.74 Å². The van der Waals surface area contributed by atoms with Crippen molar-refractivity contribution in [3.05, 3.63) is 29.8 Å². The van der Waals surface area contributed by atoms with Crippen LogP contribution in [0, 0.1) is 5.92 Å². The molecule has 2 atom stereocenters. The first-order valence-corrected chi connectivity index (χ1v) is 5.46. The van der Waals surface area contributed by atoms with Crippen LogP contribution in [0.15, 0.2) is 24.3 Å². The molecule has 0 aromatic heterocycles. The smallest absolute Gasteiger partial charge is 0.306 e. The highest BCUT2D eigenvalue weighted by atomic mass is 16.5. The predicted octanol–water partition coefficient (Wildman–Crippen LogP) is 2.91. The van der Waals surface area contributed by atoms with Gasteiger partial charge in [-0.1, -0.05) is 26.0 Å². The van der Waals surface area contributed by atoms with Crippen LogP contribution in [-0.4, -0.2) is 18.2 Å². The lowest BCUT2D eigenvalue weighted by Gasteiger charge is -2.20. The van der Waals surface area contributed by atoms with E-state index in [9.17, 15) is 4.79 Å². The van der Waals surface area contributed by atoms with Crippen LogP contribution in [0.1, 0.15) is 31.7 Å². The summed E-state index contributed by atoms with van der Waals surface area (Å²) in [5.74, 6) is -0.326. The van der Waals surface area contributed by atoms with E-state index in [4.69, 9.17) is 9.84 Å². The van der Waals surface area contributed by atoms with Gasteiger partial charge in [0.1, 0.15) is 5.75 Å². The van der Waals surface area contributed by atoms with Crippen LogP contribution in [0.4, 0.5) is 0 Å². The number of aliphatic carboxylic acids is 1. The average Bonchev–Trinajstić information content (AvgIpc) is 2.30. The summed E-state index contributed by atoms with van der Waals surface area (Å²) >= 11 is 0. The van der Waals surface area contributed by atoms with Crippen LogP contribution in [0.5, 0.6) is 5.75 Å². The maximum absolute atomic E-state index is 11.0. The fourth-order valence-electron chi connectivity index (χ4n) is 1.92. The molecule has 1 aromatic rings. The Morgan fingerprint density at radius 1 is 1.50 bits per heavy atom. The van der Waals surface area contributed by atoms with Gasteiger partial charge < -0.3 is 9.84 Å². The molecule has 0 bridgehead atoms. The van der Waals surface area contributed by atoms with Crippen molar-refractivity contribution in [3.63, 3.8) is 0 Å². The van der Waals surface area contributed by atoms with Gasteiger partial charge in [0.2, 0.25) is 0 Å². The Kier molecular flexibility index (Phi) is 4.35. The molecule has 88 valence electrons. The summed E-state index contributed by atoms with van der Waals surface area (Å²) < 4.78 is 5.14. The minimum Gasteiger partial charge on any atom is -0.497 e. The largest absolute Gasteiger partial charge is 0.497 e. The van der Waals surface area contributed by atoms with E-state index in [1.165, 1.54) is 0 Å². The van der Waals surface area contributed by atoms with E-state index in [0.29, 0.717) is 0 Å². The minimum atomic E-state index is -0.755. The fourth-order valence-corrected chi connectivity index (χ4v) is 1.92. The molecule has 0 saturated carbocycles. The highest BCUT2D eigenvalue weighted by Gasteiger charge is 2.23. The van der Waals surface area contributed by atoms with E-state index < -0.39 is 5.97 Å². The van der Waals surface area contributed by atoms with E-state index in [1.54, 1.807) is 14.0 Å². The Bertz CT molecular complexity index is 360. The second kappa shape index (κ2) is 5.54. The molecular weight excluding hydrogens is 204 g/mol. The van der Waals surface area contributed by atoms with Gasteiger partial charge in [-0.3, -0.25) is 4.79 Å². The fraction of sp³-hybridized carbons (Fsp3) is 0.462. The molecule has 0 spiro atoms. The Morgan fingerprint density at radius 3 is 2.69 bits per heavy atom. The molecule has 1 aromatic carbocycles. The lowest BCUT2D eigenvalue weighted by molar-refractivity contribution is -0.141. The third-order valence-electron chi connectivity index (χ3n) is 2.95. The Balaban J connectivity index is 2.98. The number of hydrogen-bond donors (Lipinski definition) is 1. The van der Waals surface area contributed by atoms with E-state index in [-0.39, 0.29) is 11.8 Å². The highest BCUT2D eigenvalue weighted by Crippen LogP contribution is 2.30. The monoisotopic (exact) mass is 222 g/mol. The zero-order chi connectivity index (χ0) is 12.1. The van der Waals surface area contributed by atoms with Crippen molar-refractivity contribution < 1.29 is 14.6 Å². The van der Waals surface area contributed by atoms with Gasteiger partial charge in [0.05, 0.1) is 13.0 Å². The van der Waals surface area contributed by atoms with Gasteiger partial charge >= 0.3 is 5.97 Å². The topological polar surface area (TPSA) is 46.5 Å². The first-order valence-electron chi connectivity index (χ1n) is 5.46. The van der Waals surface area contributed by atoms with Crippen LogP contribution in [0.2, 0.25) is 0 Å². The number of methoxy groups -OCH3 is 1. The second-order valence-corrected chi connectivity index (χ2v) is 3.92. The summed E-state index contributed by atoms with van der Waals surface area (Å²) in [7, 11) is 1.61. The summed E-state index contributed by atoms with van der Waals surface area (Å²) in [6.45, 7) is 3.75. The normalized spacial score (nSPS) is 14.2. The highest BCUT2D eigenvalue weighted by molar-refractivity contribution is 5.71. The SMILES string of the molecule is CCC(c1cccc(OC)c1)[C@@H](C)C(=O)O. The standard InChI is InChI=1S/C13H18O3/c1-4-12(9(2)13(14)15)10-6-5-7-11(8-10)16-3/h5-9,12H,4H2,1-3H3,(H,14,15)/t9-,12?/m1/s1. The van der Waals surface area contributed by atoms with E-state index >= 15 is 0 Å². The molecule has 0 amide bonds. The summed E-state index contributed by atoms with van der Waals surface area (Å²) in [6.07, 6.45) is 0.806. The number of ether oxygens (including phenoxy) is 1. The van der Waals surface area contributed by atoms with Gasteiger partial charge in [-0.25, -0.2) is 0 Å². The molecule has 1 N–H and O–H groups in total. The van der Waals surface area contributed by atoms with Crippen LogP contribution >= 0.6 is 0 Å². The minimum absolute atomic E-state index is 0.0348. The molecule has 0 heterocycles. The van der Waals surface area contributed by atoms with Crippen molar-refractivity contribution in [1.29, 1.82) is 0 Å². The van der Waals surface area contributed by atoms with Crippen LogP contribution in [0.25, 0.3) is 0 Å². The first kappa shape index (κ1) is 12.6. The quantitative estimate of drug-likeness (QED) is 0.833. The molecule has 0 fully saturated rings. The van der Waals surface area contributed by atoms with Gasteiger partial charge in [0, 0.05) is 0 Å². The molecule has 1 rings (SSSR count). The number of benzene rings is 1. The maximum atomic E-state index is 11.0. The second-order valence-electron chi connectivity index (χ2n) is 3.92. The van der Waals surface area contributed by atoms with Crippen molar-refractivity contribution in [2.75, 3.05) is 7.11 Å². The lowest BCUT2D eigenvalue weighted by Crippen LogP contribution is -2.18. The third-order valence-corrected chi connectivity index (χ3v) is 2.95. The van der Waals surface area contributed by atoms with Gasteiger partial charge in [0.15, 0.2) is 0 Å². The van der Waals surface area contributed by atoms with Crippen LogP contribution in [0.3, 0.4) is 0 Å². The Labute approximate surface area is 96.1 Å². The molecule has 0 saturated heterocycles. The molecule has 16 heavy (non-hydrogen) atoms. The maximum Gasteiger partial charge on any atom is 0.306 e. The van der Waals surface area contributed by atoms with Gasteiger partial charge in [-0.15, -0.1) is 0 Å². The first-order chi connectivity index (χ1) is 7.60. The summed E-state index contributed by atoms with van der Waals surface area (Å²) in [5, 5.41) is 9.04. The lowest BCUT2D eigenvalue weighted by atomic mass is 9.85. The molecule has 0 aliphatic carbocycles. The number of hydrogen-bond acceptors (Lipinski definition) is 2. The molecule has 1 unspecified atom stereocenters. The van der Waals surface area contributed by atoms with E-state index in [1.807, 2.05) is 31.2 Å². The summed E-state index contributed by atoms with van der Waals surface area (Å²) in [4.78, 5) is 11.0. The molecular formula is C13H18O3. The van der Waals surface area contributed by atoms with Gasteiger partial charge in [-0.2, -0.15) is 0 Å². The van der Waals surface area contributed by atoms with E-state index in [2.05, 4.69) is 0 Å². The van der Waals surface area contributed by atoms with Crippen molar-refractivity contribution in [3.8, 4) is 5.75 Å². The number of rotatable bonds is 5. The average molecular weight is 222 g/mol. The molecule has 3 heteroatoms. The van der Waals surface area contributed by atoms with Crippen molar-refractivity contribution >= 4 is 5.97 Å². The Morgan fingerprint density at radius 2 is 2.19 bits per heavy atom. The molecule has 0 aliphatic rings. The number of carboxylic acid groups (broad SMARTS) is 1. The number of carboxylic acids is 1. The van der Waals surface area contributed by atoms with E-state index in [0.717, 1.165) is 17.7 Å². The number of carbonyl (C=O) groups is 1. The molecule has 0 radical (unpaired) electrons. The third kappa shape index (κ3) is 2.75. The Hall–Kier alpha value is -1.51. The zero-order valence-corrected chi connectivity index (χ0v) is 9.93. The molecule has 3 nitrogen and oxygen atoms in total. The van der Waals surface area contributed by atoms with Crippen molar-refractivity contribution in [2.45, 2.75) is 26.2 Å². The van der Waals surface area contributed by atoms with Crippen molar-refractivity contribution in [2.24, 2.45) is 5.92 Å². The van der Waals surface area contributed by atoms with Crippen molar-refractivity contribution in [1.82, 2.24) is 0 Å². The molecule has 0 aliphatic heterocycles. The van der Waals surface area contributed by atoms with Crippen LogP contribution in [-0.2, 0) is 4.79 Å². The summed E-state index contributed by atoms with van der Waals surface area (Å²) in [5.41, 5.74) is 1.02. The predicted molar refractivity (Wildman–Crippen MR) is 62.8 cm³/mol. The summed E-state index contributed by atoms with van der Waals surface area (Å²) in [6, 6.07) is 7.62.